The van der Waals surface area contributed by atoms with Gasteiger partial charge in [-0.1, -0.05) is 17.7 Å². The molecule has 2 heterocycles. The number of benzene rings is 1. The van der Waals surface area contributed by atoms with Crippen molar-refractivity contribution in [2.75, 3.05) is 17.2 Å². The van der Waals surface area contributed by atoms with Gasteiger partial charge in [0.05, 0.1) is 23.3 Å². The fourth-order valence-electron chi connectivity index (χ4n) is 2.70. The second-order valence-corrected chi connectivity index (χ2v) is 7.76. The minimum Gasteiger partial charge on any atom is -0.462 e. The molecule has 2 amide bonds. The smallest absolute Gasteiger partial charge is 0.341 e. The first-order valence-corrected chi connectivity index (χ1v) is 10.2. The molecule has 0 saturated carbocycles. The zero-order valence-electron chi connectivity index (χ0n) is 16.5. The van der Waals surface area contributed by atoms with Crippen molar-refractivity contribution in [2.24, 2.45) is 0 Å². The Hall–Kier alpha value is -3.10. The lowest BCUT2D eigenvalue weighted by Gasteiger charge is -2.07. The Kier molecular flexibility index (Phi) is 6.59. The van der Waals surface area contributed by atoms with Crippen LogP contribution >= 0.6 is 22.9 Å². The Bertz CT molecular complexity index is 1110. The molecule has 0 saturated heterocycles. The maximum Gasteiger partial charge on any atom is 0.341 e. The Morgan fingerprint density at radius 2 is 1.90 bits per heavy atom. The third-order valence-corrected chi connectivity index (χ3v) is 5.85. The normalized spacial score (nSPS) is 10.5. The van der Waals surface area contributed by atoms with Crippen molar-refractivity contribution in [3.63, 3.8) is 0 Å². The molecular weight excluding hydrogens is 428 g/mol. The summed E-state index contributed by atoms with van der Waals surface area (Å²) in [5.74, 6) is -1.51. The Labute approximate surface area is 182 Å². The number of aryl methyl sites for hydroxylation is 1. The second-order valence-electron chi connectivity index (χ2n) is 6.33. The summed E-state index contributed by atoms with van der Waals surface area (Å²) >= 11 is 7.10. The number of halogens is 1. The number of carbonyl (C=O) groups excluding carboxylic acids is 3. The third kappa shape index (κ3) is 4.55. The number of anilines is 2. The molecule has 7 nitrogen and oxygen atoms in total. The average Bonchev–Trinajstić information content (AvgIpc) is 3.33. The van der Waals surface area contributed by atoms with Crippen molar-refractivity contribution in [3.8, 4) is 0 Å². The number of hydrogen-bond acceptors (Lipinski definition) is 6. The van der Waals surface area contributed by atoms with Gasteiger partial charge in [-0.3, -0.25) is 9.59 Å². The highest BCUT2D eigenvalue weighted by Crippen LogP contribution is 2.35. The molecule has 2 N–H and O–H groups in total. The molecule has 30 heavy (non-hydrogen) atoms. The zero-order valence-corrected chi connectivity index (χ0v) is 18.1. The topological polar surface area (TPSA) is 97.6 Å². The number of thiophene rings is 1. The van der Waals surface area contributed by atoms with Crippen LogP contribution in [0, 0.1) is 13.8 Å². The minimum atomic E-state index is -0.626. The number of rotatable bonds is 6. The van der Waals surface area contributed by atoms with Crippen molar-refractivity contribution in [3.05, 3.63) is 68.9 Å². The van der Waals surface area contributed by atoms with Crippen LogP contribution in [0.4, 0.5) is 10.7 Å². The van der Waals surface area contributed by atoms with E-state index in [1.165, 1.54) is 12.3 Å². The molecule has 1 aromatic carbocycles. The Morgan fingerprint density at radius 1 is 1.13 bits per heavy atom. The second kappa shape index (κ2) is 9.15. The highest BCUT2D eigenvalue weighted by Gasteiger charge is 2.27. The summed E-state index contributed by atoms with van der Waals surface area (Å²) in [5, 5.41) is 6.13. The van der Waals surface area contributed by atoms with E-state index in [4.69, 9.17) is 20.8 Å². The van der Waals surface area contributed by atoms with Crippen LogP contribution in [0.2, 0.25) is 5.02 Å². The summed E-state index contributed by atoms with van der Waals surface area (Å²) in [5.41, 5.74) is 1.94. The van der Waals surface area contributed by atoms with Crippen LogP contribution in [-0.4, -0.2) is 24.4 Å². The molecule has 3 rings (SSSR count). The van der Waals surface area contributed by atoms with Gasteiger partial charge in [-0.25, -0.2) is 4.79 Å². The first-order valence-electron chi connectivity index (χ1n) is 9.04. The maximum absolute atomic E-state index is 12.9. The fourth-order valence-corrected chi connectivity index (χ4v) is 3.96. The van der Waals surface area contributed by atoms with Crippen molar-refractivity contribution in [1.82, 2.24) is 0 Å². The number of hydrogen-bond donors (Lipinski definition) is 2. The van der Waals surface area contributed by atoms with E-state index >= 15 is 0 Å². The van der Waals surface area contributed by atoms with Gasteiger partial charge in [0.15, 0.2) is 5.76 Å². The maximum atomic E-state index is 12.9. The van der Waals surface area contributed by atoms with E-state index in [2.05, 4.69) is 10.6 Å². The van der Waals surface area contributed by atoms with Crippen LogP contribution in [0.5, 0.6) is 0 Å². The molecule has 0 aliphatic carbocycles. The van der Waals surface area contributed by atoms with Gasteiger partial charge in [0.1, 0.15) is 5.00 Å². The van der Waals surface area contributed by atoms with Gasteiger partial charge in [-0.2, -0.15) is 0 Å². The lowest BCUT2D eigenvalue weighted by Crippen LogP contribution is -2.14. The van der Waals surface area contributed by atoms with E-state index < -0.39 is 17.8 Å². The number of ether oxygens (including phenoxy) is 1. The molecule has 0 bridgehead atoms. The number of amides is 2. The molecule has 0 spiro atoms. The first kappa shape index (κ1) is 21.6. The van der Waals surface area contributed by atoms with E-state index in [-0.39, 0.29) is 27.8 Å². The van der Waals surface area contributed by atoms with Crippen molar-refractivity contribution in [2.45, 2.75) is 20.8 Å². The molecule has 0 aliphatic heterocycles. The van der Waals surface area contributed by atoms with Crippen molar-refractivity contribution in [1.29, 1.82) is 0 Å². The van der Waals surface area contributed by atoms with Gasteiger partial charge in [-0.05, 0) is 56.2 Å². The molecule has 0 atom stereocenters. The van der Waals surface area contributed by atoms with Gasteiger partial charge in [0, 0.05) is 10.7 Å². The lowest BCUT2D eigenvalue weighted by atomic mass is 10.1. The summed E-state index contributed by atoms with van der Waals surface area (Å²) in [4.78, 5) is 38.0. The average molecular weight is 447 g/mol. The first-order chi connectivity index (χ1) is 14.3. The monoisotopic (exact) mass is 446 g/mol. The van der Waals surface area contributed by atoms with Gasteiger partial charge in [0.25, 0.3) is 11.8 Å². The summed E-state index contributed by atoms with van der Waals surface area (Å²) in [6.45, 7) is 5.32. The van der Waals surface area contributed by atoms with Crippen LogP contribution in [-0.2, 0) is 4.74 Å². The van der Waals surface area contributed by atoms with E-state index in [1.807, 2.05) is 6.92 Å². The van der Waals surface area contributed by atoms with Crippen LogP contribution < -0.4 is 10.6 Å². The lowest BCUT2D eigenvalue weighted by molar-refractivity contribution is 0.0527. The van der Waals surface area contributed by atoms with Crippen LogP contribution in [0.3, 0.4) is 0 Å². The van der Waals surface area contributed by atoms with E-state index in [0.717, 1.165) is 16.9 Å². The number of esters is 1. The Balaban J connectivity index is 1.93. The number of furan rings is 1. The van der Waals surface area contributed by atoms with Gasteiger partial charge < -0.3 is 19.8 Å². The van der Waals surface area contributed by atoms with E-state index in [1.54, 1.807) is 38.1 Å². The highest BCUT2D eigenvalue weighted by atomic mass is 35.5. The summed E-state index contributed by atoms with van der Waals surface area (Å²) in [6, 6.07) is 8.23. The number of nitrogens with one attached hydrogen (secondary N) is 2. The minimum absolute atomic E-state index is 0.0798. The van der Waals surface area contributed by atoms with E-state index in [9.17, 15) is 14.4 Å². The van der Waals surface area contributed by atoms with E-state index in [0.29, 0.717) is 16.3 Å². The molecule has 0 unspecified atom stereocenters. The fraction of sp³-hybridized carbons (Fsp3) is 0.190. The zero-order chi connectivity index (χ0) is 21.8. The quantitative estimate of drug-likeness (QED) is 0.501. The molecule has 0 aliphatic rings. The summed E-state index contributed by atoms with van der Waals surface area (Å²) in [6.07, 6.45) is 1.37. The summed E-state index contributed by atoms with van der Waals surface area (Å²) in [7, 11) is 0. The molecule has 0 fully saturated rings. The molecular formula is C21H19ClN2O5S. The molecule has 3 aromatic rings. The highest BCUT2D eigenvalue weighted by molar-refractivity contribution is 7.19. The predicted octanol–water partition coefficient (Wildman–Crippen LogP) is 5.29. The molecule has 0 radical (unpaired) electrons. The van der Waals surface area contributed by atoms with Crippen LogP contribution in [0.15, 0.2) is 41.0 Å². The SMILES string of the molecule is CCOC(=O)c1c(NC(=O)c2ccco2)sc(C(=O)Nc2ccc(C)c(Cl)c2)c1C. The van der Waals surface area contributed by atoms with Crippen molar-refractivity contribution < 1.29 is 23.5 Å². The molecule has 2 aromatic heterocycles. The largest absolute Gasteiger partial charge is 0.462 e. The van der Waals surface area contributed by atoms with Gasteiger partial charge in [-0.15, -0.1) is 11.3 Å². The van der Waals surface area contributed by atoms with Crippen molar-refractivity contribution >= 4 is 51.4 Å². The van der Waals surface area contributed by atoms with Gasteiger partial charge >= 0.3 is 5.97 Å². The summed E-state index contributed by atoms with van der Waals surface area (Å²) < 4.78 is 10.2. The van der Waals surface area contributed by atoms with Gasteiger partial charge in [0.2, 0.25) is 0 Å². The molecule has 9 heteroatoms. The standard InChI is InChI=1S/C21H19ClN2O5S/c1-4-28-21(27)16-12(3)17(19(26)23-13-8-7-11(2)14(22)10-13)30-20(16)24-18(25)15-6-5-9-29-15/h5-10H,4H2,1-3H3,(H,23,26)(H,24,25). The molecule has 156 valence electrons. The number of carbonyl (C=O) groups is 3. The van der Waals surface area contributed by atoms with Crippen LogP contribution in [0.1, 0.15) is 48.6 Å². The predicted molar refractivity (Wildman–Crippen MR) is 116 cm³/mol. The third-order valence-electron chi connectivity index (χ3n) is 4.23. The Morgan fingerprint density at radius 3 is 2.53 bits per heavy atom. The van der Waals surface area contributed by atoms with Crippen LogP contribution in [0.25, 0.3) is 0 Å².